The molecule has 0 radical (unpaired) electrons. The van der Waals surface area contributed by atoms with E-state index < -0.39 is 4.92 Å². The summed E-state index contributed by atoms with van der Waals surface area (Å²) in [5.74, 6) is 0.797. The molecule has 1 aliphatic rings. The van der Waals surface area contributed by atoms with E-state index in [0.717, 1.165) is 28.4 Å². The van der Waals surface area contributed by atoms with Crippen molar-refractivity contribution in [3.8, 4) is 11.4 Å². The molecule has 2 aromatic heterocycles. The highest BCUT2D eigenvalue weighted by Gasteiger charge is 2.41. The zero-order valence-corrected chi connectivity index (χ0v) is 19.8. The molecule has 0 bridgehead atoms. The van der Waals surface area contributed by atoms with Gasteiger partial charge in [-0.1, -0.05) is 18.2 Å². The van der Waals surface area contributed by atoms with Crippen molar-refractivity contribution >= 4 is 23.0 Å². The van der Waals surface area contributed by atoms with Gasteiger partial charge in [0, 0.05) is 42.5 Å². The molecular weight excluding hydrogens is 462 g/mol. The number of thiocarbonyl (C=S) groups is 1. The van der Waals surface area contributed by atoms with E-state index in [9.17, 15) is 10.1 Å². The van der Waals surface area contributed by atoms with Crippen molar-refractivity contribution in [1.29, 1.82) is 0 Å². The molecule has 5 rings (SSSR count). The minimum absolute atomic E-state index is 0.0543. The van der Waals surface area contributed by atoms with E-state index in [1.807, 2.05) is 59.3 Å². The lowest BCUT2D eigenvalue weighted by atomic mass is 10.0. The van der Waals surface area contributed by atoms with Crippen LogP contribution in [0.15, 0.2) is 91.3 Å². The third kappa shape index (κ3) is 4.45. The molecule has 4 aromatic rings. The van der Waals surface area contributed by atoms with Crippen molar-refractivity contribution in [3.63, 3.8) is 0 Å². The van der Waals surface area contributed by atoms with Gasteiger partial charge in [-0.25, -0.2) is 0 Å². The summed E-state index contributed by atoms with van der Waals surface area (Å²) in [4.78, 5) is 17.5. The van der Waals surface area contributed by atoms with Gasteiger partial charge in [0.2, 0.25) is 0 Å². The smallest absolute Gasteiger partial charge is 0.269 e. The van der Waals surface area contributed by atoms with Crippen molar-refractivity contribution < 1.29 is 9.66 Å². The van der Waals surface area contributed by atoms with Crippen molar-refractivity contribution in [3.05, 3.63) is 118 Å². The third-order valence-electron chi connectivity index (χ3n) is 6.13. The van der Waals surface area contributed by atoms with Gasteiger partial charge in [0.25, 0.3) is 5.69 Å². The molecule has 0 aliphatic carbocycles. The molecule has 2 aromatic carbocycles. The van der Waals surface area contributed by atoms with Crippen LogP contribution in [0.5, 0.6) is 5.75 Å². The first kappa shape index (κ1) is 22.5. The summed E-state index contributed by atoms with van der Waals surface area (Å²) in [5, 5.41) is 15.2. The summed E-state index contributed by atoms with van der Waals surface area (Å²) < 4.78 is 7.34. The van der Waals surface area contributed by atoms with Gasteiger partial charge < -0.3 is 19.5 Å². The Bertz CT molecular complexity index is 1340. The monoisotopic (exact) mass is 485 g/mol. The van der Waals surface area contributed by atoms with Crippen LogP contribution in [0.25, 0.3) is 5.69 Å². The predicted octanol–water partition coefficient (Wildman–Crippen LogP) is 4.96. The van der Waals surface area contributed by atoms with E-state index in [1.54, 1.807) is 25.4 Å². The van der Waals surface area contributed by atoms with E-state index in [1.165, 1.54) is 12.1 Å². The van der Waals surface area contributed by atoms with Gasteiger partial charge >= 0.3 is 0 Å². The van der Waals surface area contributed by atoms with Crippen LogP contribution >= 0.6 is 12.2 Å². The number of hydrogen-bond acceptors (Lipinski definition) is 5. The van der Waals surface area contributed by atoms with Crippen molar-refractivity contribution in [2.75, 3.05) is 7.11 Å². The Hall–Kier alpha value is -4.24. The number of nitro groups is 1. The maximum Gasteiger partial charge on any atom is 0.269 e. The second-order valence-corrected chi connectivity index (χ2v) is 8.57. The number of ether oxygens (including phenoxy) is 1. The van der Waals surface area contributed by atoms with E-state index in [-0.39, 0.29) is 17.8 Å². The van der Waals surface area contributed by atoms with Gasteiger partial charge in [-0.3, -0.25) is 15.1 Å². The number of aromatic nitrogens is 2. The summed E-state index contributed by atoms with van der Waals surface area (Å²) in [6.07, 6.45) is 3.73. The zero-order valence-electron chi connectivity index (χ0n) is 18.9. The lowest BCUT2D eigenvalue weighted by molar-refractivity contribution is -0.384. The largest absolute Gasteiger partial charge is 0.497 e. The fourth-order valence-electron chi connectivity index (χ4n) is 4.43. The van der Waals surface area contributed by atoms with Crippen LogP contribution in [0.3, 0.4) is 0 Å². The molecule has 9 heteroatoms. The first-order valence-corrected chi connectivity index (χ1v) is 11.5. The number of non-ortho nitro benzene ring substituents is 1. The SMILES string of the molecule is COc1ccc(CN2C(=S)N[C@H](c3ccccn3)[C@H]2c2cccn2-c2ccc([N+](=O)[O-])cc2)cc1. The lowest BCUT2D eigenvalue weighted by Gasteiger charge is -2.29. The number of rotatable bonds is 7. The van der Waals surface area contributed by atoms with Crippen LogP contribution in [0.4, 0.5) is 5.69 Å². The lowest BCUT2D eigenvalue weighted by Crippen LogP contribution is -2.30. The average Bonchev–Trinajstić information content (AvgIpc) is 3.49. The fourth-order valence-corrected chi connectivity index (χ4v) is 4.74. The number of hydrogen-bond donors (Lipinski definition) is 1. The standard InChI is InChI=1S/C26H23N5O3S/c1-34-21-13-7-18(8-14-21)17-30-25(24(28-26(30)35)22-5-2-3-15-27-22)23-6-4-16-29(23)19-9-11-20(12-10-19)31(32)33/h2-16,24-25H,17H2,1H3,(H,28,35)/t24-,25-/m1/s1. The van der Waals surface area contributed by atoms with Crippen LogP contribution in [-0.2, 0) is 6.54 Å². The minimum Gasteiger partial charge on any atom is -0.497 e. The maximum atomic E-state index is 11.1. The first-order valence-electron chi connectivity index (χ1n) is 11.1. The molecule has 8 nitrogen and oxygen atoms in total. The quantitative estimate of drug-likeness (QED) is 0.225. The number of benzene rings is 2. The summed E-state index contributed by atoms with van der Waals surface area (Å²) in [6, 6.07) is 24.0. The van der Waals surface area contributed by atoms with Gasteiger partial charge in [-0.2, -0.15) is 0 Å². The van der Waals surface area contributed by atoms with Crippen LogP contribution in [0.1, 0.15) is 29.0 Å². The number of nitrogens with zero attached hydrogens (tertiary/aromatic N) is 4. The summed E-state index contributed by atoms with van der Waals surface area (Å²) in [5.41, 5.74) is 3.86. The highest BCUT2D eigenvalue weighted by molar-refractivity contribution is 7.80. The molecule has 0 unspecified atom stereocenters. The van der Waals surface area contributed by atoms with E-state index in [4.69, 9.17) is 17.0 Å². The van der Waals surface area contributed by atoms with Crippen molar-refractivity contribution in [1.82, 2.24) is 19.8 Å². The Morgan fingerprint density at radius 2 is 1.83 bits per heavy atom. The molecule has 0 spiro atoms. The Morgan fingerprint density at radius 3 is 2.49 bits per heavy atom. The summed E-state index contributed by atoms with van der Waals surface area (Å²) >= 11 is 5.80. The summed E-state index contributed by atoms with van der Waals surface area (Å²) in [7, 11) is 1.65. The van der Waals surface area contributed by atoms with Gasteiger partial charge in [0.15, 0.2) is 5.11 Å². The highest BCUT2D eigenvalue weighted by atomic mass is 32.1. The number of nitro benzene ring substituents is 1. The Labute approximate surface area is 207 Å². The molecule has 1 saturated heterocycles. The first-order chi connectivity index (χ1) is 17.0. The Morgan fingerprint density at radius 1 is 1.06 bits per heavy atom. The number of nitrogens with one attached hydrogen (secondary N) is 1. The third-order valence-corrected chi connectivity index (χ3v) is 6.48. The van der Waals surface area contributed by atoms with E-state index in [2.05, 4.69) is 21.3 Å². The molecule has 1 aliphatic heterocycles. The van der Waals surface area contributed by atoms with Crippen LogP contribution in [0, 0.1) is 10.1 Å². The molecule has 1 N–H and O–H groups in total. The average molecular weight is 486 g/mol. The molecular formula is C26H23N5O3S. The van der Waals surface area contributed by atoms with Crippen LogP contribution in [0.2, 0.25) is 0 Å². The van der Waals surface area contributed by atoms with Gasteiger partial charge in [0.1, 0.15) is 5.75 Å². The zero-order chi connectivity index (χ0) is 24.4. The fraction of sp³-hybridized carbons (Fsp3) is 0.154. The van der Waals surface area contributed by atoms with Crippen LogP contribution < -0.4 is 10.1 Å². The number of methoxy groups -OCH3 is 1. The van der Waals surface area contributed by atoms with Crippen molar-refractivity contribution in [2.24, 2.45) is 0 Å². The predicted molar refractivity (Wildman–Crippen MR) is 136 cm³/mol. The molecule has 35 heavy (non-hydrogen) atoms. The van der Waals surface area contributed by atoms with E-state index >= 15 is 0 Å². The number of pyridine rings is 1. The Kier molecular flexibility index (Phi) is 6.15. The van der Waals surface area contributed by atoms with Gasteiger partial charge in [0.05, 0.1) is 29.8 Å². The molecule has 0 saturated carbocycles. The second kappa shape index (κ2) is 9.55. The van der Waals surface area contributed by atoms with Gasteiger partial charge in [-0.15, -0.1) is 0 Å². The second-order valence-electron chi connectivity index (χ2n) is 8.18. The van der Waals surface area contributed by atoms with E-state index in [0.29, 0.717) is 11.7 Å². The molecule has 3 heterocycles. The Balaban J connectivity index is 1.56. The molecule has 1 fully saturated rings. The minimum atomic E-state index is -0.395. The molecule has 2 atom stereocenters. The molecule has 0 amide bonds. The van der Waals surface area contributed by atoms with Crippen molar-refractivity contribution in [2.45, 2.75) is 18.6 Å². The molecule has 176 valence electrons. The normalized spacial score (nSPS) is 17.3. The topological polar surface area (TPSA) is 85.5 Å². The van der Waals surface area contributed by atoms with Gasteiger partial charge in [-0.05, 0) is 66.3 Å². The van der Waals surface area contributed by atoms with Crippen LogP contribution in [-0.4, -0.2) is 31.6 Å². The maximum absolute atomic E-state index is 11.1. The summed E-state index contributed by atoms with van der Waals surface area (Å²) in [6.45, 7) is 0.593. The highest BCUT2D eigenvalue weighted by Crippen LogP contribution is 2.40.